The molecule has 0 amide bonds. The normalized spacial score (nSPS) is 12.1. The van der Waals surface area contributed by atoms with Gasteiger partial charge in [0.25, 0.3) is 0 Å². The van der Waals surface area contributed by atoms with Crippen molar-refractivity contribution in [2.45, 2.75) is 12.5 Å². The average Bonchev–Trinajstić information content (AvgIpc) is 2.90. The molecule has 1 aromatic carbocycles. The number of hydrogen-bond donors (Lipinski definition) is 0. The first-order valence-electron chi connectivity index (χ1n) is 5.42. The van der Waals surface area contributed by atoms with E-state index in [9.17, 15) is 4.79 Å². The number of esters is 1. The minimum atomic E-state index is -0.405. The molecule has 4 heteroatoms. The molecule has 0 radical (unpaired) electrons. The maximum absolute atomic E-state index is 11.7. The summed E-state index contributed by atoms with van der Waals surface area (Å²) < 4.78 is 6.43. The fraction of sp³-hybridized carbons (Fsp3) is 0.231. The highest BCUT2D eigenvalue weighted by atomic mass is 16.5. The first-order chi connectivity index (χ1) is 8.31. The first kappa shape index (κ1) is 11.4. The molecule has 1 unspecified atom stereocenters. The van der Waals surface area contributed by atoms with E-state index in [1.165, 1.54) is 7.11 Å². The molecule has 0 aliphatic heterocycles. The second-order valence-corrected chi connectivity index (χ2v) is 3.71. The summed E-state index contributed by atoms with van der Waals surface area (Å²) in [4.78, 5) is 11.7. The molecule has 0 fully saturated rings. The number of carbonyl (C=O) groups excluding carboxylic acids is 1. The van der Waals surface area contributed by atoms with Crippen LogP contribution in [0.5, 0.6) is 0 Å². The van der Waals surface area contributed by atoms with E-state index < -0.39 is 6.04 Å². The van der Waals surface area contributed by atoms with Crippen LogP contribution < -0.4 is 0 Å². The van der Waals surface area contributed by atoms with Crippen LogP contribution >= 0.6 is 0 Å². The Morgan fingerprint density at radius 3 is 2.71 bits per heavy atom. The molecule has 0 aliphatic rings. The van der Waals surface area contributed by atoms with E-state index in [4.69, 9.17) is 4.74 Å². The summed E-state index contributed by atoms with van der Waals surface area (Å²) >= 11 is 0. The van der Waals surface area contributed by atoms with E-state index >= 15 is 0 Å². The summed E-state index contributed by atoms with van der Waals surface area (Å²) in [5.74, 6) is -0.280. The molecule has 0 saturated carbocycles. The van der Waals surface area contributed by atoms with Crippen molar-refractivity contribution in [3.63, 3.8) is 0 Å². The molecular formula is C13H14N2O2. The summed E-state index contributed by atoms with van der Waals surface area (Å²) in [7, 11) is 1.39. The molecule has 17 heavy (non-hydrogen) atoms. The lowest BCUT2D eigenvalue weighted by Crippen LogP contribution is -2.23. The Labute approximate surface area is 99.8 Å². The predicted octanol–water partition coefficient (Wildman–Crippen LogP) is 1.84. The molecule has 2 aromatic rings. The average molecular weight is 230 g/mol. The third-order valence-electron chi connectivity index (χ3n) is 2.59. The van der Waals surface area contributed by atoms with Gasteiger partial charge in [-0.25, -0.2) is 4.79 Å². The zero-order valence-electron chi connectivity index (χ0n) is 9.61. The molecule has 1 atom stereocenters. The number of ether oxygens (including phenoxy) is 1. The van der Waals surface area contributed by atoms with Gasteiger partial charge in [-0.3, -0.25) is 4.68 Å². The molecular weight excluding hydrogens is 216 g/mol. The Balaban J connectivity index is 2.20. The topological polar surface area (TPSA) is 44.1 Å². The van der Waals surface area contributed by atoms with E-state index in [2.05, 4.69) is 5.10 Å². The van der Waals surface area contributed by atoms with Gasteiger partial charge in [-0.15, -0.1) is 0 Å². The summed E-state index contributed by atoms with van der Waals surface area (Å²) in [6, 6.07) is 11.2. The van der Waals surface area contributed by atoms with Gasteiger partial charge in [0.05, 0.1) is 7.11 Å². The second-order valence-electron chi connectivity index (χ2n) is 3.71. The number of methoxy groups -OCH3 is 1. The number of carbonyl (C=O) groups is 1. The van der Waals surface area contributed by atoms with Crippen molar-refractivity contribution < 1.29 is 9.53 Å². The van der Waals surface area contributed by atoms with Gasteiger partial charge in [-0.05, 0) is 11.6 Å². The van der Waals surface area contributed by atoms with Crippen LogP contribution in [0.4, 0.5) is 0 Å². The SMILES string of the molecule is COC(=O)C(Cc1ccccc1)n1cccn1. The van der Waals surface area contributed by atoms with Gasteiger partial charge in [0, 0.05) is 18.8 Å². The van der Waals surface area contributed by atoms with E-state index in [1.807, 2.05) is 30.3 Å². The van der Waals surface area contributed by atoms with E-state index in [0.29, 0.717) is 6.42 Å². The third-order valence-corrected chi connectivity index (χ3v) is 2.59. The number of hydrogen-bond acceptors (Lipinski definition) is 3. The van der Waals surface area contributed by atoms with Crippen molar-refractivity contribution in [3.05, 3.63) is 54.4 Å². The minimum absolute atomic E-state index is 0.280. The lowest BCUT2D eigenvalue weighted by Gasteiger charge is -2.15. The monoisotopic (exact) mass is 230 g/mol. The maximum Gasteiger partial charge on any atom is 0.331 e. The second kappa shape index (κ2) is 5.30. The predicted molar refractivity (Wildman–Crippen MR) is 63.4 cm³/mol. The molecule has 0 aliphatic carbocycles. The number of rotatable bonds is 4. The van der Waals surface area contributed by atoms with Gasteiger partial charge in [0.1, 0.15) is 0 Å². The van der Waals surface area contributed by atoms with Crippen LogP contribution in [0.1, 0.15) is 11.6 Å². The summed E-state index contributed by atoms with van der Waals surface area (Å²) in [5.41, 5.74) is 1.08. The standard InChI is InChI=1S/C13H14N2O2/c1-17-13(16)12(15-9-5-8-14-15)10-11-6-3-2-4-7-11/h2-9,12H,10H2,1H3. The van der Waals surface area contributed by atoms with E-state index in [-0.39, 0.29) is 5.97 Å². The summed E-state index contributed by atoms with van der Waals surface area (Å²) in [6.07, 6.45) is 4.00. The van der Waals surface area contributed by atoms with Gasteiger partial charge in [-0.1, -0.05) is 30.3 Å². The van der Waals surface area contributed by atoms with Crippen LogP contribution in [0.25, 0.3) is 0 Å². The van der Waals surface area contributed by atoms with Gasteiger partial charge < -0.3 is 4.74 Å². The van der Waals surface area contributed by atoms with Gasteiger partial charge in [0.2, 0.25) is 0 Å². The highest BCUT2D eigenvalue weighted by molar-refractivity contribution is 5.74. The van der Waals surface area contributed by atoms with Crippen molar-refractivity contribution in [2.24, 2.45) is 0 Å². The highest BCUT2D eigenvalue weighted by Crippen LogP contribution is 2.14. The van der Waals surface area contributed by atoms with Crippen LogP contribution in [-0.4, -0.2) is 22.9 Å². The molecule has 0 N–H and O–H groups in total. The van der Waals surface area contributed by atoms with Crippen molar-refractivity contribution in [1.82, 2.24) is 9.78 Å². The van der Waals surface area contributed by atoms with Crippen LogP contribution in [0.2, 0.25) is 0 Å². The van der Waals surface area contributed by atoms with Crippen LogP contribution in [0.3, 0.4) is 0 Å². The highest BCUT2D eigenvalue weighted by Gasteiger charge is 2.21. The van der Waals surface area contributed by atoms with Gasteiger partial charge in [-0.2, -0.15) is 5.10 Å². The number of nitrogens with zero attached hydrogens (tertiary/aromatic N) is 2. The molecule has 4 nitrogen and oxygen atoms in total. The molecule has 0 spiro atoms. The third kappa shape index (κ3) is 2.72. The minimum Gasteiger partial charge on any atom is -0.467 e. The maximum atomic E-state index is 11.7. The molecule has 2 rings (SSSR count). The van der Waals surface area contributed by atoms with Crippen LogP contribution in [0, 0.1) is 0 Å². The lowest BCUT2D eigenvalue weighted by molar-refractivity contribution is -0.144. The Kier molecular flexibility index (Phi) is 3.55. The van der Waals surface area contributed by atoms with E-state index in [0.717, 1.165) is 5.56 Å². The zero-order chi connectivity index (χ0) is 12.1. The van der Waals surface area contributed by atoms with Crippen molar-refractivity contribution >= 4 is 5.97 Å². The Hall–Kier alpha value is -2.10. The molecule has 88 valence electrons. The smallest absolute Gasteiger partial charge is 0.331 e. The Morgan fingerprint density at radius 1 is 1.35 bits per heavy atom. The van der Waals surface area contributed by atoms with Gasteiger partial charge in [0.15, 0.2) is 6.04 Å². The fourth-order valence-corrected chi connectivity index (χ4v) is 1.72. The lowest BCUT2D eigenvalue weighted by atomic mass is 10.1. The summed E-state index contributed by atoms with van der Waals surface area (Å²) in [5, 5.41) is 4.10. The molecule has 0 saturated heterocycles. The van der Waals surface area contributed by atoms with Crippen LogP contribution in [-0.2, 0) is 16.0 Å². The van der Waals surface area contributed by atoms with Crippen molar-refractivity contribution in [1.29, 1.82) is 0 Å². The largest absolute Gasteiger partial charge is 0.467 e. The first-order valence-corrected chi connectivity index (χ1v) is 5.42. The Bertz CT molecular complexity index is 465. The molecule has 1 aromatic heterocycles. The summed E-state index contributed by atoms with van der Waals surface area (Å²) in [6.45, 7) is 0. The Morgan fingerprint density at radius 2 is 2.12 bits per heavy atom. The number of aromatic nitrogens is 2. The molecule has 0 bridgehead atoms. The van der Waals surface area contributed by atoms with Crippen molar-refractivity contribution in [2.75, 3.05) is 7.11 Å². The van der Waals surface area contributed by atoms with Crippen LogP contribution in [0.15, 0.2) is 48.8 Å². The van der Waals surface area contributed by atoms with E-state index in [1.54, 1.807) is 23.1 Å². The molecule has 1 heterocycles. The fourth-order valence-electron chi connectivity index (χ4n) is 1.72. The van der Waals surface area contributed by atoms with Gasteiger partial charge >= 0.3 is 5.97 Å². The quantitative estimate of drug-likeness (QED) is 0.753. The van der Waals surface area contributed by atoms with Crippen molar-refractivity contribution in [3.8, 4) is 0 Å². The number of benzene rings is 1. The zero-order valence-corrected chi connectivity index (χ0v) is 9.61.